The predicted octanol–water partition coefficient (Wildman–Crippen LogP) is -0.413. The SMILES string of the molecule is CC1(c2nc(C3CCS(=O)(=O)C3)no2)COCC1N. The average Bonchev–Trinajstić information content (AvgIpc) is 3.00. The first-order valence-corrected chi connectivity index (χ1v) is 8.11. The van der Waals surface area contributed by atoms with Gasteiger partial charge in [-0.2, -0.15) is 4.98 Å². The second-order valence-electron chi connectivity index (χ2n) is 5.60. The molecule has 0 aliphatic carbocycles. The van der Waals surface area contributed by atoms with Gasteiger partial charge < -0.3 is 15.0 Å². The molecule has 1 aromatic rings. The number of rotatable bonds is 2. The first kappa shape index (κ1) is 13.0. The molecule has 2 saturated heterocycles. The number of hydrogen-bond donors (Lipinski definition) is 1. The number of ether oxygens (including phenoxy) is 1. The van der Waals surface area contributed by atoms with Crippen LogP contribution in [0.1, 0.15) is 31.0 Å². The molecule has 7 nitrogen and oxygen atoms in total. The predicted molar refractivity (Wildman–Crippen MR) is 66.5 cm³/mol. The van der Waals surface area contributed by atoms with Crippen molar-refractivity contribution in [3.05, 3.63) is 11.7 Å². The highest BCUT2D eigenvalue weighted by Crippen LogP contribution is 2.33. The Labute approximate surface area is 111 Å². The largest absolute Gasteiger partial charge is 0.379 e. The second-order valence-corrected chi connectivity index (χ2v) is 7.83. The summed E-state index contributed by atoms with van der Waals surface area (Å²) < 4.78 is 33.6. The number of aromatic nitrogens is 2. The van der Waals surface area contributed by atoms with Gasteiger partial charge in [0.1, 0.15) is 0 Å². The van der Waals surface area contributed by atoms with Crippen LogP contribution in [-0.4, -0.2) is 49.3 Å². The van der Waals surface area contributed by atoms with Crippen LogP contribution in [0.4, 0.5) is 0 Å². The Hall–Kier alpha value is -0.990. The lowest BCUT2D eigenvalue weighted by molar-refractivity contribution is 0.169. The Morgan fingerprint density at radius 1 is 1.47 bits per heavy atom. The highest BCUT2D eigenvalue weighted by Gasteiger charge is 2.45. The molecule has 0 bridgehead atoms. The Morgan fingerprint density at radius 3 is 2.84 bits per heavy atom. The molecule has 3 unspecified atom stereocenters. The van der Waals surface area contributed by atoms with E-state index in [1.54, 1.807) is 0 Å². The smallest absolute Gasteiger partial charge is 0.236 e. The van der Waals surface area contributed by atoms with Gasteiger partial charge in [0.25, 0.3) is 0 Å². The maximum absolute atomic E-state index is 11.5. The van der Waals surface area contributed by atoms with Gasteiger partial charge in [-0.1, -0.05) is 5.16 Å². The molecule has 8 heteroatoms. The van der Waals surface area contributed by atoms with Gasteiger partial charge in [0.05, 0.1) is 30.1 Å². The normalized spacial score (nSPS) is 37.8. The van der Waals surface area contributed by atoms with Gasteiger partial charge >= 0.3 is 0 Å². The van der Waals surface area contributed by atoms with E-state index in [1.165, 1.54) is 0 Å². The Kier molecular flexibility index (Phi) is 2.91. The van der Waals surface area contributed by atoms with E-state index in [4.69, 9.17) is 15.0 Å². The molecule has 19 heavy (non-hydrogen) atoms. The highest BCUT2D eigenvalue weighted by molar-refractivity contribution is 7.91. The van der Waals surface area contributed by atoms with Crippen molar-refractivity contribution in [2.45, 2.75) is 30.7 Å². The molecule has 3 rings (SSSR count). The van der Waals surface area contributed by atoms with Crippen LogP contribution in [0, 0.1) is 0 Å². The van der Waals surface area contributed by atoms with Crippen LogP contribution < -0.4 is 5.73 Å². The third-order valence-electron chi connectivity index (χ3n) is 4.05. The summed E-state index contributed by atoms with van der Waals surface area (Å²) in [5.41, 5.74) is 5.52. The quantitative estimate of drug-likeness (QED) is 0.787. The molecule has 1 aromatic heterocycles. The first-order valence-electron chi connectivity index (χ1n) is 6.28. The lowest BCUT2D eigenvalue weighted by Gasteiger charge is -2.21. The Morgan fingerprint density at radius 2 is 2.26 bits per heavy atom. The van der Waals surface area contributed by atoms with Gasteiger partial charge in [-0.05, 0) is 13.3 Å². The van der Waals surface area contributed by atoms with Crippen LogP contribution in [0.25, 0.3) is 0 Å². The number of nitrogens with zero attached hydrogens (tertiary/aromatic N) is 2. The topological polar surface area (TPSA) is 108 Å². The van der Waals surface area contributed by atoms with Gasteiger partial charge in [-0.25, -0.2) is 8.42 Å². The van der Waals surface area contributed by atoms with Crippen LogP contribution in [-0.2, 0) is 20.0 Å². The van der Waals surface area contributed by atoms with Crippen molar-refractivity contribution in [1.82, 2.24) is 10.1 Å². The lowest BCUT2D eigenvalue weighted by atomic mass is 9.86. The zero-order valence-corrected chi connectivity index (χ0v) is 11.5. The van der Waals surface area contributed by atoms with Crippen LogP contribution in [0.3, 0.4) is 0 Å². The maximum atomic E-state index is 11.5. The van der Waals surface area contributed by atoms with Gasteiger partial charge in [0, 0.05) is 12.0 Å². The van der Waals surface area contributed by atoms with Crippen LogP contribution in [0.5, 0.6) is 0 Å². The minimum atomic E-state index is -2.95. The maximum Gasteiger partial charge on any atom is 0.236 e. The minimum absolute atomic E-state index is 0.102. The van der Waals surface area contributed by atoms with Crippen molar-refractivity contribution >= 4 is 9.84 Å². The van der Waals surface area contributed by atoms with E-state index in [9.17, 15) is 8.42 Å². The van der Waals surface area contributed by atoms with E-state index < -0.39 is 15.3 Å². The molecule has 2 aliphatic heterocycles. The number of hydrogen-bond acceptors (Lipinski definition) is 7. The summed E-state index contributed by atoms with van der Waals surface area (Å²) in [6.07, 6.45) is 0.556. The van der Waals surface area contributed by atoms with Crippen molar-refractivity contribution < 1.29 is 17.7 Å². The fraction of sp³-hybridized carbons (Fsp3) is 0.818. The zero-order chi connectivity index (χ0) is 13.7. The summed E-state index contributed by atoms with van der Waals surface area (Å²) in [6, 6.07) is -0.187. The summed E-state index contributed by atoms with van der Waals surface area (Å²) >= 11 is 0. The molecule has 0 amide bonds. The molecule has 0 spiro atoms. The van der Waals surface area contributed by atoms with E-state index in [0.29, 0.717) is 31.3 Å². The third-order valence-corrected chi connectivity index (χ3v) is 5.81. The Balaban J connectivity index is 1.84. The fourth-order valence-corrected chi connectivity index (χ4v) is 4.28. The molecule has 0 aromatic carbocycles. The van der Waals surface area contributed by atoms with E-state index in [2.05, 4.69) is 10.1 Å². The summed E-state index contributed by atoms with van der Waals surface area (Å²) in [7, 11) is -2.95. The summed E-state index contributed by atoms with van der Waals surface area (Å²) in [6.45, 7) is 2.83. The van der Waals surface area contributed by atoms with Crippen molar-refractivity contribution in [3.63, 3.8) is 0 Å². The molecule has 3 heterocycles. The van der Waals surface area contributed by atoms with Gasteiger partial charge in [0.2, 0.25) is 5.89 Å². The average molecular weight is 287 g/mol. The van der Waals surface area contributed by atoms with Crippen LogP contribution in [0.2, 0.25) is 0 Å². The van der Waals surface area contributed by atoms with E-state index in [1.807, 2.05) is 6.92 Å². The summed E-state index contributed by atoms with van der Waals surface area (Å²) in [5.74, 6) is 1.05. The molecule has 2 aliphatic rings. The summed E-state index contributed by atoms with van der Waals surface area (Å²) in [5, 5.41) is 3.93. The van der Waals surface area contributed by atoms with Crippen molar-refractivity contribution in [3.8, 4) is 0 Å². The minimum Gasteiger partial charge on any atom is -0.379 e. The molecule has 0 radical (unpaired) electrons. The van der Waals surface area contributed by atoms with Gasteiger partial charge in [-0.15, -0.1) is 0 Å². The molecular weight excluding hydrogens is 270 g/mol. The lowest BCUT2D eigenvalue weighted by Crippen LogP contribution is -2.42. The first-order chi connectivity index (χ1) is 8.91. The zero-order valence-electron chi connectivity index (χ0n) is 10.7. The van der Waals surface area contributed by atoms with E-state index in [0.717, 1.165) is 0 Å². The molecule has 106 valence electrons. The molecule has 3 atom stereocenters. The number of sulfone groups is 1. The van der Waals surface area contributed by atoms with Gasteiger partial charge in [-0.3, -0.25) is 0 Å². The monoisotopic (exact) mass is 287 g/mol. The second kappa shape index (κ2) is 4.26. The van der Waals surface area contributed by atoms with Crippen molar-refractivity contribution in [1.29, 1.82) is 0 Å². The fourth-order valence-electron chi connectivity index (χ4n) is 2.54. The van der Waals surface area contributed by atoms with Gasteiger partial charge in [0.15, 0.2) is 15.7 Å². The molecule has 2 fully saturated rings. The van der Waals surface area contributed by atoms with Crippen LogP contribution in [0.15, 0.2) is 4.52 Å². The molecule has 0 saturated carbocycles. The van der Waals surface area contributed by atoms with Crippen molar-refractivity contribution in [2.24, 2.45) is 5.73 Å². The highest BCUT2D eigenvalue weighted by atomic mass is 32.2. The molecule has 2 N–H and O–H groups in total. The number of nitrogens with two attached hydrogens (primary N) is 1. The Bertz CT molecular complexity index is 585. The van der Waals surface area contributed by atoms with Crippen LogP contribution >= 0.6 is 0 Å². The third kappa shape index (κ3) is 2.17. The van der Waals surface area contributed by atoms with E-state index >= 15 is 0 Å². The molecular formula is C11H17N3O4S. The van der Waals surface area contributed by atoms with Crippen molar-refractivity contribution in [2.75, 3.05) is 24.7 Å². The summed E-state index contributed by atoms with van der Waals surface area (Å²) in [4.78, 5) is 4.36. The van der Waals surface area contributed by atoms with E-state index in [-0.39, 0.29) is 23.5 Å². The standard InChI is InChI=1S/C11H17N3O4S/c1-11(6-17-4-8(11)12)10-13-9(14-18-10)7-2-3-19(15,16)5-7/h7-8H,2-6,12H2,1H3.